The van der Waals surface area contributed by atoms with Gasteiger partial charge in [0.15, 0.2) is 0 Å². The Bertz CT molecular complexity index is 278. The molecule has 1 rings (SSSR count). The lowest BCUT2D eigenvalue weighted by atomic mass is 9.98. The molecule has 0 aliphatic carbocycles. The molecule has 0 spiro atoms. The maximum Gasteiger partial charge on any atom is 0.0500 e. The van der Waals surface area contributed by atoms with E-state index >= 15 is 0 Å². The standard InChI is InChI=1S/C11H15BrOS/c1-14-7-6-9(8-13)10-4-2-3-5-11(10)12/h2-5,9,13H,6-8H2,1H3. The van der Waals surface area contributed by atoms with Crippen LogP contribution in [0.2, 0.25) is 0 Å². The van der Waals surface area contributed by atoms with E-state index in [9.17, 15) is 5.11 Å². The Hall–Kier alpha value is 0.01000. The van der Waals surface area contributed by atoms with Crippen LogP contribution >= 0.6 is 27.7 Å². The van der Waals surface area contributed by atoms with Crippen LogP contribution in [0.3, 0.4) is 0 Å². The molecule has 1 aromatic rings. The van der Waals surface area contributed by atoms with Crippen LogP contribution in [0.25, 0.3) is 0 Å². The van der Waals surface area contributed by atoms with Gasteiger partial charge >= 0.3 is 0 Å². The fourth-order valence-corrected chi connectivity index (χ4v) is 2.54. The van der Waals surface area contributed by atoms with E-state index in [2.05, 4.69) is 28.3 Å². The molecule has 0 saturated heterocycles. The van der Waals surface area contributed by atoms with Crippen molar-refractivity contribution in [2.24, 2.45) is 0 Å². The highest BCUT2D eigenvalue weighted by atomic mass is 79.9. The predicted octanol–water partition coefficient (Wildman–Crippen LogP) is 3.28. The van der Waals surface area contributed by atoms with Crippen molar-refractivity contribution in [3.05, 3.63) is 34.3 Å². The number of hydrogen-bond acceptors (Lipinski definition) is 2. The minimum absolute atomic E-state index is 0.225. The van der Waals surface area contributed by atoms with Gasteiger partial charge in [0, 0.05) is 17.0 Å². The highest BCUT2D eigenvalue weighted by Gasteiger charge is 2.12. The molecule has 78 valence electrons. The zero-order valence-electron chi connectivity index (χ0n) is 8.24. The summed E-state index contributed by atoms with van der Waals surface area (Å²) in [7, 11) is 0. The van der Waals surface area contributed by atoms with Crippen molar-refractivity contribution in [2.75, 3.05) is 18.6 Å². The molecule has 0 aliphatic rings. The molecule has 1 nitrogen and oxygen atoms in total. The molecule has 1 aromatic carbocycles. The average molecular weight is 275 g/mol. The molecule has 0 aromatic heterocycles. The molecule has 0 bridgehead atoms. The summed E-state index contributed by atoms with van der Waals surface area (Å²) in [6, 6.07) is 8.11. The quantitative estimate of drug-likeness (QED) is 0.890. The SMILES string of the molecule is CSCCC(CO)c1ccccc1Br. The molecule has 0 aliphatic heterocycles. The van der Waals surface area contributed by atoms with Crippen molar-refractivity contribution in [1.29, 1.82) is 0 Å². The summed E-state index contributed by atoms with van der Waals surface area (Å²) in [6.45, 7) is 0.225. The van der Waals surface area contributed by atoms with E-state index < -0.39 is 0 Å². The first kappa shape index (κ1) is 12.1. The number of halogens is 1. The Labute approximate surface area is 98.0 Å². The molecule has 0 saturated carbocycles. The number of aliphatic hydroxyl groups excluding tert-OH is 1. The van der Waals surface area contributed by atoms with Crippen molar-refractivity contribution >= 4 is 27.7 Å². The van der Waals surface area contributed by atoms with Crippen molar-refractivity contribution in [1.82, 2.24) is 0 Å². The van der Waals surface area contributed by atoms with Gasteiger partial charge in [-0.15, -0.1) is 0 Å². The maximum absolute atomic E-state index is 9.30. The van der Waals surface area contributed by atoms with Gasteiger partial charge in [0.25, 0.3) is 0 Å². The van der Waals surface area contributed by atoms with Crippen molar-refractivity contribution < 1.29 is 5.11 Å². The highest BCUT2D eigenvalue weighted by molar-refractivity contribution is 9.10. The first-order valence-corrected chi connectivity index (χ1v) is 6.82. The molecular formula is C11H15BrOS. The third kappa shape index (κ3) is 3.30. The molecular weight excluding hydrogens is 260 g/mol. The van der Waals surface area contributed by atoms with E-state index in [0.29, 0.717) is 0 Å². The number of benzene rings is 1. The lowest BCUT2D eigenvalue weighted by Gasteiger charge is -2.15. The van der Waals surface area contributed by atoms with Crippen LogP contribution in [0, 0.1) is 0 Å². The summed E-state index contributed by atoms with van der Waals surface area (Å²) in [5.41, 5.74) is 1.21. The fraction of sp³-hybridized carbons (Fsp3) is 0.455. The fourth-order valence-electron chi connectivity index (χ4n) is 1.41. The molecule has 1 atom stereocenters. The summed E-state index contributed by atoms with van der Waals surface area (Å²) >= 11 is 5.33. The van der Waals surface area contributed by atoms with E-state index in [-0.39, 0.29) is 12.5 Å². The molecule has 0 amide bonds. The minimum atomic E-state index is 0.225. The average Bonchev–Trinajstić information content (AvgIpc) is 2.21. The third-order valence-corrected chi connectivity index (χ3v) is 3.60. The van der Waals surface area contributed by atoms with Gasteiger partial charge in [-0.3, -0.25) is 0 Å². The van der Waals surface area contributed by atoms with Crippen LogP contribution < -0.4 is 0 Å². The summed E-state index contributed by atoms with van der Waals surface area (Å²) in [4.78, 5) is 0. The second kappa shape index (κ2) is 6.49. The first-order chi connectivity index (χ1) is 6.79. The zero-order valence-corrected chi connectivity index (χ0v) is 10.6. The van der Waals surface area contributed by atoms with Gasteiger partial charge in [-0.1, -0.05) is 34.1 Å². The van der Waals surface area contributed by atoms with E-state index in [4.69, 9.17) is 0 Å². The molecule has 14 heavy (non-hydrogen) atoms. The maximum atomic E-state index is 9.30. The highest BCUT2D eigenvalue weighted by Crippen LogP contribution is 2.27. The molecule has 0 heterocycles. The molecule has 1 unspecified atom stereocenters. The van der Waals surface area contributed by atoms with E-state index in [1.807, 2.05) is 30.0 Å². The minimum Gasteiger partial charge on any atom is -0.396 e. The topological polar surface area (TPSA) is 20.2 Å². The van der Waals surface area contributed by atoms with Crippen LogP contribution in [0.4, 0.5) is 0 Å². The van der Waals surface area contributed by atoms with Gasteiger partial charge < -0.3 is 5.11 Å². The lowest BCUT2D eigenvalue weighted by molar-refractivity contribution is 0.262. The Morgan fingerprint density at radius 1 is 1.43 bits per heavy atom. The predicted molar refractivity (Wildman–Crippen MR) is 67.0 cm³/mol. The van der Waals surface area contributed by atoms with Gasteiger partial charge in [0.2, 0.25) is 0 Å². The van der Waals surface area contributed by atoms with Gasteiger partial charge in [-0.25, -0.2) is 0 Å². The van der Waals surface area contributed by atoms with E-state index in [1.54, 1.807) is 0 Å². The Balaban J connectivity index is 2.73. The summed E-state index contributed by atoms with van der Waals surface area (Å²) < 4.78 is 1.10. The number of rotatable bonds is 5. The van der Waals surface area contributed by atoms with Crippen molar-refractivity contribution in [2.45, 2.75) is 12.3 Å². The first-order valence-electron chi connectivity index (χ1n) is 4.63. The Kier molecular flexibility index (Phi) is 5.60. The summed E-state index contributed by atoms with van der Waals surface area (Å²) in [5, 5.41) is 9.30. The third-order valence-electron chi connectivity index (χ3n) is 2.24. The van der Waals surface area contributed by atoms with Gasteiger partial charge in [0.1, 0.15) is 0 Å². The van der Waals surface area contributed by atoms with Crippen molar-refractivity contribution in [3.8, 4) is 0 Å². The Morgan fingerprint density at radius 3 is 2.71 bits per heavy atom. The lowest BCUT2D eigenvalue weighted by Crippen LogP contribution is -2.06. The van der Waals surface area contributed by atoms with Crippen LogP contribution in [-0.4, -0.2) is 23.7 Å². The van der Waals surface area contributed by atoms with Gasteiger partial charge in [-0.2, -0.15) is 11.8 Å². The number of hydrogen-bond donors (Lipinski definition) is 1. The van der Waals surface area contributed by atoms with Crippen LogP contribution in [0.15, 0.2) is 28.7 Å². The van der Waals surface area contributed by atoms with E-state index in [1.165, 1.54) is 5.56 Å². The largest absolute Gasteiger partial charge is 0.396 e. The number of aliphatic hydroxyl groups is 1. The molecule has 0 fully saturated rings. The van der Waals surface area contributed by atoms with Gasteiger partial charge in [-0.05, 0) is 30.1 Å². The number of thioether (sulfide) groups is 1. The second-order valence-corrected chi connectivity index (χ2v) is 5.02. The second-order valence-electron chi connectivity index (χ2n) is 3.18. The summed E-state index contributed by atoms with van der Waals surface area (Å²) in [5.74, 6) is 1.35. The van der Waals surface area contributed by atoms with Gasteiger partial charge in [0.05, 0.1) is 0 Å². The van der Waals surface area contributed by atoms with Crippen LogP contribution in [-0.2, 0) is 0 Å². The van der Waals surface area contributed by atoms with Crippen LogP contribution in [0.5, 0.6) is 0 Å². The monoisotopic (exact) mass is 274 g/mol. The van der Waals surface area contributed by atoms with E-state index in [0.717, 1.165) is 16.6 Å². The summed E-state index contributed by atoms with van der Waals surface area (Å²) in [6.07, 6.45) is 3.12. The van der Waals surface area contributed by atoms with Crippen LogP contribution in [0.1, 0.15) is 17.9 Å². The molecule has 0 radical (unpaired) electrons. The normalized spacial score (nSPS) is 12.8. The Morgan fingerprint density at radius 2 is 2.14 bits per heavy atom. The molecule has 1 N–H and O–H groups in total. The van der Waals surface area contributed by atoms with Crippen molar-refractivity contribution in [3.63, 3.8) is 0 Å². The molecule has 3 heteroatoms. The smallest absolute Gasteiger partial charge is 0.0500 e. The zero-order chi connectivity index (χ0) is 10.4.